The molecule has 1 amide bonds. The Morgan fingerprint density at radius 3 is 2.57 bits per heavy atom. The standard InChI is InChI=1S/C24H23N5O/c30-24(22-12-16-29(27-22)18-7-3-1-4-8-18)26-21-9-10-23(28-14-5-2-6-15-28)19-11-13-25-17-20(19)21/h1,3-4,7-13,16-17H,2,5-6,14-15H2,(H,26,30). The number of benzene rings is 2. The fourth-order valence-electron chi connectivity index (χ4n) is 4.05. The number of nitrogens with zero attached hydrogens (tertiary/aromatic N) is 4. The zero-order chi connectivity index (χ0) is 20.3. The minimum atomic E-state index is -0.236. The molecule has 30 heavy (non-hydrogen) atoms. The number of aromatic nitrogens is 3. The van der Waals surface area contributed by atoms with E-state index in [9.17, 15) is 4.79 Å². The van der Waals surface area contributed by atoms with E-state index in [0.29, 0.717) is 5.69 Å². The van der Waals surface area contributed by atoms with E-state index in [1.165, 1.54) is 24.9 Å². The maximum absolute atomic E-state index is 12.9. The summed E-state index contributed by atoms with van der Waals surface area (Å²) in [7, 11) is 0. The summed E-state index contributed by atoms with van der Waals surface area (Å²) in [5, 5.41) is 9.50. The highest BCUT2D eigenvalue weighted by Crippen LogP contribution is 2.33. The number of piperidine rings is 1. The van der Waals surface area contributed by atoms with Crippen LogP contribution in [0.25, 0.3) is 16.5 Å². The quantitative estimate of drug-likeness (QED) is 0.544. The molecule has 0 bridgehead atoms. The van der Waals surface area contributed by atoms with Crippen molar-refractivity contribution in [1.82, 2.24) is 14.8 Å². The van der Waals surface area contributed by atoms with E-state index < -0.39 is 0 Å². The van der Waals surface area contributed by atoms with Gasteiger partial charge in [0.2, 0.25) is 0 Å². The third kappa shape index (κ3) is 3.52. The first-order valence-corrected chi connectivity index (χ1v) is 10.3. The van der Waals surface area contributed by atoms with Crippen molar-refractivity contribution in [3.8, 4) is 5.69 Å². The summed E-state index contributed by atoms with van der Waals surface area (Å²) in [6, 6.07) is 17.6. The topological polar surface area (TPSA) is 63.1 Å². The lowest BCUT2D eigenvalue weighted by atomic mass is 10.1. The van der Waals surface area contributed by atoms with E-state index in [1.54, 1.807) is 16.9 Å². The van der Waals surface area contributed by atoms with Gasteiger partial charge >= 0.3 is 0 Å². The maximum Gasteiger partial charge on any atom is 0.276 e. The Balaban J connectivity index is 1.43. The van der Waals surface area contributed by atoms with Crippen LogP contribution in [0.1, 0.15) is 29.8 Å². The van der Waals surface area contributed by atoms with Crippen molar-refractivity contribution in [1.29, 1.82) is 0 Å². The number of anilines is 2. The lowest BCUT2D eigenvalue weighted by Gasteiger charge is -2.30. The van der Waals surface area contributed by atoms with Crippen LogP contribution in [0.3, 0.4) is 0 Å². The van der Waals surface area contributed by atoms with Crippen molar-refractivity contribution >= 4 is 28.1 Å². The largest absolute Gasteiger partial charge is 0.371 e. The number of amides is 1. The second kappa shape index (κ2) is 7.99. The molecule has 150 valence electrons. The predicted octanol–water partition coefficient (Wildman–Crippen LogP) is 4.66. The molecule has 0 saturated carbocycles. The zero-order valence-electron chi connectivity index (χ0n) is 16.7. The number of rotatable bonds is 4. The molecule has 1 saturated heterocycles. The first-order valence-electron chi connectivity index (χ1n) is 10.3. The van der Waals surface area contributed by atoms with Crippen molar-refractivity contribution in [3.05, 3.63) is 78.9 Å². The average Bonchev–Trinajstić information content (AvgIpc) is 3.31. The van der Waals surface area contributed by atoms with Crippen LogP contribution in [0, 0.1) is 0 Å². The van der Waals surface area contributed by atoms with Gasteiger partial charge in [-0.25, -0.2) is 4.68 Å². The summed E-state index contributed by atoms with van der Waals surface area (Å²) in [4.78, 5) is 19.6. The van der Waals surface area contributed by atoms with Gasteiger partial charge in [-0.05, 0) is 55.7 Å². The molecule has 5 rings (SSSR count). The molecular formula is C24H23N5O. The smallest absolute Gasteiger partial charge is 0.276 e. The van der Waals surface area contributed by atoms with Crippen LogP contribution in [-0.4, -0.2) is 33.8 Å². The van der Waals surface area contributed by atoms with Gasteiger partial charge in [0.25, 0.3) is 5.91 Å². The van der Waals surface area contributed by atoms with Gasteiger partial charge in [0.15, 0.2) is 5.69 Å². The number of pyridine rings is 1. The van der Waals surface area contributed by atoms with E-state index >= 15 is 0 Å². The van der Waals surface area contributed by atoms with Crippen LogP contribution in [0.4, 0.5) is 11.4 Å². The number of fused-ring (bicyclic) bond motifs is 1. The Hall–Kier alpha value is -3.67. The summed E-state index contributed by atoms with van der Waals surface area (Å²) >= 11 is 0. The zero-order valence-corrected chi connectivity index (χ0v) is 16.7. The number of nitrogens with one attached hydrogen (secondary N) is 1. The molecule has 0 aliphatic carbocycles. The van der Waals surface area contributed by atoms with Gasteiger partial charge < -0.3 is 10.2 Å². The van der Waals surface area contributed by atoms with Crippen LogP contribution >= 0.6 is 0 Å². The second-order valence-electron chi connectivity index (χ2n) is 7.54. The molecule has 4 aromatic rings. The predicted molar refractivity (Wildman–Crippen MR) is 119 cm³/mol. The highest BCUT2D eigenvalue weighted by Gasteiger charge is 2.17. The van der Waals surface area contributed by atoms with Crippen molar-refractivity contribution in [3.63, 3.8) is 0 Å². The number of hydrogen-bond donors (Lipinski definition) is 1. The summed E-state index contributed by atoms with van der Waals surface area (Å²) in [5.74, 6) is -0.236. The fraction of sp³-hybridized carbons (Fsp3) is 0.208. The molecule has 0 atom stereocenters. The molecule has 6 nitrogen and oxygen atoms in total. The Bertz CT molecular complexity index is 1180. The van der Waals surface area contributed by atoms with Crippen molar-refractivity contribution in [2.45, 2.75) is 19.3 Å². The number of hydrogen-bond acceptors (Lipinski definition) is 4. The summed E-state index contributed by atoms with van der Waals surface area (Å²) in [6.07, 6.45) is 9.15. The molecule has 2 aromatic carbocycles. The minimum Gasteiger partial charge on any atom is -0.371 e. The van der Waals surface area contributed by atoms with Gasteiger partial charge in [-0.2, -0.15) is 5.10 Å². The molecule has 0 unspecified atom stereocenters. The number of carbonyl (C=O) groups excluding carboxylic acids is 1. The molecule has 6 heteroatoms. The highest BCUT2D eigenvalue weighted by atomic mass is 16.1. The molecule has 2 aromatic heterocycles. The lowest BCUT2D eigenvalue weighted by molar-refractivity contribution is 0.102. The van der Waals surface area contributed by atoms with Gasteiger partial charge in [0, 0.05) is 48.1 Å². The van der Waals surface area contributed by atoms with Crippen LogP contribution in [0.5, 0.6) is 0 Å². The Morgan fingerprint density at radius 1 is 0.900 bits per heavy atom. The maximum atomic E-state index is 12.9. The Labute approximate surface area is 175 Å². The van der Waals surface area contributed by atoms with Gasteiger partial charge in [-0.15, -0.1) is 0 Å². The molecule has 0 radical (unpaired) electrons. The Morgan fingerprint density at radius 2 is 1.73 bits per heavy atom. The van der Waals surface area contributed by atoms with E-state index in [-0.39, 0.29) is 5.91 Å². The summed E-state index contributed by atoms with van der Waals surface area (Å²) in [6.45, 7) is 2.14. The molecule has 3 heterocycles. The molecule has 1 aliphatic heterocycles. The average molecular weight is 397 g/mol. The third-order valence-electron chi connectivity index (χ3n) is 5.58. The van der Waals surface area contributed by atoms with Crippen molar-refractivity contribution < 1.29 is 4.79 Å². The second-order valence-corrected chi connectivity index (χ2v) is 7.54. The van der Waals surface area contributed by atoms with Crippen LogP contribution in [0.15, 0.2) is 73.2 Å². The first-order chi connectivity index (χ1) is 14.8. The van der Waals surface area contributed by atoms with E-state index in [4.69, 9.17) is 0 Å². The monoisotopic (exact) mass is 397 g/mol. The first kappa shape index (κ1) is 18.4. The molecule has 1 fully saturated rings. The summed E-state index contributed by atoms with van der Waals surface area (Å²) in [5.41, 5.74) is 3.24. The Kier molecular flexibility index (Phi) is 4.89. The van der Waals surface area contributed by atoms with E-state index in [2.05, 4.69) is 26.4 Å². The van der Waals surface area contributed by atoms with E-state index in [1.807, 2.05) is 54.9 Å². The molecule has 1 N–H and O–H groups in total. The van der Waals surface area contributed by atoms with E-state index in [0.717, 1.165) is 35.2 Å². The SMILES string of the molecule is O=C(Nc1ccc(N2CCCCC2)c2ccncc12)c1ccn(-c2ccccc2)n1. The van der Waals surface area contributed by atoms with Crippen molar-refractivity contribution in [2.24, 2.45) is 0 Å². The molecule has 0 spiro atoms. The normalized spacial score (nSPS) is 14.1. The fourth-order valence-corrected chi connectivity index (χ4v) is 4.05. The van der Waals surface area contributed by atoms with Crippen LogP contribution < -0.4 is 10.2 Å². The highest BCUT2D eigenvalue weighted by molar-refractivity contribution is 6.10. The van der Waals surface area contributed by atoms with Gasteiger partial charge in [0.1, 0.15) is 0 Å². The van der Waals surface area contributed by atoms with Crippen molar-refractivity contribution in [2.75, 3.05) is 23.3 Å². The minimum absolute atomic E-state index is 0.236. The van der Waals surface area contributed by atoms with Crippen LogP contribution in [0.2, 0.25) is 0 Å². The summed E-state index contributed by atoms with van der Waals surface area (Å²) < 4.78 is 1.70. The van der Waals surface area contributed by atoms with Gasteiger partial charge in [-0.3, -0.25) is 9.78 Å². The molecular weight excluding hydrogens is 374 g/mol. The van der Waals surface area contributed by atoms with Crippen LogP contribution in [-0.2, 0) is 0 Å². The third-order valence-corrected chi connectivity index (χ3v) is 5.58. The lowest BCUT2D eigenvalue weighted by Crippen LogP contribution is -2.29. The number of carbonyl (C=O) groups is 1. The van der Waals surface area contributed by atoms with Gasteiger partial charge in [-0.1, -0.05) is 18.2 Å². The number of para-hydroxylation sites is 1. The van der Waals surface area contributed by atoms with Gasteiger partial charge in [0.05, 0.1) is 11.4 Å². The molecule has 1 aliphatic rings.